The Balaban J connectivity index is 2.09. The molecular weight excluding hydrogens is 348 g/mol. The van der Waals surface area contributed by atoms with E-state index in [2.05, 4.69) is 5.32 Å². The Labute approximate surface area is 148 Å². The Morgan fingerprint density at radius 3 is 2.52 bits per heavy atom. The van der Waals surface area contributed by atoms with E-state index in [4.69, 9.17) is 14.2 Å². The molecule has 1 heterocycles. The molecule has 0 saturated carbocycles. The van der Waals surface area contributed by atoms with Gasteiger partial charge in [-0.2, -0.15) is 0 Å². The largest absolute Gasteiger partial charge is 0.493 e. The smallest absolute Gasteiger partial charge is 0.251 e. The van der Waals surface area contributed by atoms with Crippen LogP contribution in [0.15, 0.2) is 18.2 Å². The summed E-state index contributed by atoms with van der Waals surface area (Å²) in [7, 11) is 2.62. The summed E-state index contributed by atoms with van der Waals surface area (Å²) in [5.74, 6) is 0.291. The van der Waals surface area contributed by atoms with E-state index in [1.165, 1.54) is 32.6 Å². The first-order valence-electron chi connectivity index (χ1n) is 7.79. The zero-order chi connectivity index (χ0) is 18.6. The highest BCUT2D eigenvalue weighted by atomic mass is 32.2. The summed E-state index contributed by atoms with van der Waals surface area (Å²) in [5.41, 5.74) is 0.402. The molecule has 25 heavy (non-hydrogen) atoms. The van der Waals surface area contributed by atoms with E-state index in [0.717, 1.165) is 0 Å². The van der Waals surface area contributed by atoms with Crippen molar-refractivity contribution in [2.75, 3.05) is 47.3 Å². The van der Waals surface area contributed by atoms with Crippen LogP contribution in [0, 0.1) is 5.92 Å². The van der Waals surface area contributed by atoms with Gasteiger partial charge in [-0.3, -0.25) is 4.79 Å². The fraction of sp³-hybridized carbons (Fsp3) is 0.562. The summed E-state index contributed by atoms with van der Waals surface area (Å²) in [6.07, 6.45) is 0. The molecule has 0 spiro atoms. The molecule has 1 aliphatic heterocycles. The van der Waals surface area contributed by atoms with Crippen LogP contribution >= 0.6 is 0 Å². The third-order valence-corrected chi connectivity index (χ3v) is 6.10. The van der Waals surface area contributed by atoms with Crippen LogP contribution in [0.5, 0.6) is 11.5 Å². The van der Waals surface area contributed by atoms with E-state index in [9.17, 15) is 13.2 Å². The number of sulfonamides is 1. The Bertz CT molecular complexity index is 719. The molecule has 0 aromatic heterocycles. The molecule has 1 aromatic rings. The number of methoxy groups -OCH3 is 2. The summed E-state index contributed by atoms with van der Waals surface area (Å²) < 4.78 is 41.0. The van der Waals surface area contributed by atoms with Gasteiger partial charge in [-0.05, 0) is 18.2 Å². The van der Waals surface area contributed by atoms with E-state index in [1.807, 2.05) is 0 Å². The van der Waals surface area contributed by atoms with Gasteiger partial charge < -0.3 is 19.5 Å². The van der Waals surface area contributed by atoms with Crippen molar-refractivity contribution >= 4 is 15.9 Å². The van der Waals surface area contributed by atoms with Gasteiger partial charge in [0.15, 0.2) is 11.5 Å². The summed E-state index contributed by atoms with van der Waals surface area (Å²) >= 11 is 0. The molecule has 2 rings (SSSR count). The lowest BCUT2D eigenvalue weighted by molar-refractivity contribution is 0.0925. The maximum atomic E-state index is 12.5. The highest BCUT2D eigenvalue weighted by molar-refractivity contribution is 7.89. The zero-order valence-corrected chi connectivity index (χ0v) is 15.6. The fourth-order valence-electron chi connectivity index (χ4n) is 2.57. The molecule has 0 aliphatic carbocycles. The van der Waals surface area contributed by atoms with E-state index in [1.54, 1.807) is 18.2 Å². The van der Waals surface area contributed by atoms with Crippen molar-refractivity contribution in [2.24, 2.45) is 5.92 Å². The number of nitrogens with one attached hydrogen (secondary N) is 1. The van der Waals surface area contributed by atoms with Crippen LogP contribution < -0.4 is 14.8 Å². The maximum absolute atomic E-state index is 12.5. The Morgan fingerprint density at radius 2 is 1.92 bits per heavy atom. The van der Waals surface area contributed by atoms with Crippen molar-refractivity contribution in [1.29, 1.82) is 0 Å². The number of amides is 1. The van der Waals surface area contributed by atoms with Crippen LogP contribution in [-0.2, 0) is 14.8 Å². The molecule has 1 saturated heterocycles. The average Bonchev–Trinajstić information content (AvgIpc) is 3.00. The third kappa shape index (κ3) is 4.62. The molecule has 1 aliphatic rings. The number of hydrogen-bond donors (Lipinski definition) is 1. The first kappa shape index (κ1) is 19.5. The molecule has 8 nitrogen and oxygen atoms in total. The maximum Gasteiger partial charge on any atom is 0.251 e. The van der Waals surface area contributed by atoms with Crippen molar-refractivity contribution < 1.29 is 27.4 Å². The van der Waals surface area contributed by atoms with Crippen LogP contribution in [0.3, 0.4) is 0 Å². The topological polar surface area (TPSA) is 94.2 Å². The van der Waals surface area contributed by atoms with Gasteiger partial charge in [0.2, 0.25) is 10.0 Å². The van der Waals surface area contributed by atoms with Gasteiger partial charge in [-0.25, -0.2) is 12.7 Å². The van der Waals surface area contributed by atoms with Gasteiger partial charge in [0.05, 0.1) is 39.2 Å². The monoisotopic (exact) mass is 372 g/mol. The summed E-state index contributed by atoms with van der Waals surface area (Å²) in [4.78, 5) is 12.5. The number of rotatable bonds is 7. The second-order valence-electron chi connectivity index (χ2n) is 6.01. The van der Waals surface area contributed by atoms with Crippen LogP contribution in [0.1, 0.15) is 10.4 Å². The van der Waals surface area contributed by atoms with Gasteiger partial charge >= 0.3 is 0 Å². The predicted octanol–water partition coefficient (Wildman–Crippen LogP) is 0.340. The van der Waals surface area contributed by atoms with Crippen molar-refractivity contribution in [3.63, 3.8) is 0 Å². The molecule has 0 bridgehead atoms. The van der Waals surface area contributed by atoms with Crippen LogP contribution in [0.2, 0.25) is 0 Å². The second-order valence-corrected chi connectivity index (χ2v) is 8.24. The van der Waals surface area contributed by atoms with Crippen molar-refractivity contribution in [2.45, 2.75) is 6.04 Å². The highest BCUT2D eigenvalue weighted by Gasteiger charge is 2.34. The first-order valence-corrected chi connectivity index (χ1v) is 9.40. The quantitative estimate of drug-likeness (QED) is 0.742. The van der Waals surface area contributed by atoms with E-state index in [0.29, 0.717) is 23.7 Å². The second kappa shape index (κ2) is 8.03. The lowest BCUT2D eigenvalue weighted by atomic mass is 10.1. The average molecular weight is 372 g/mol. The fourth-order valence-corrected chi connectivity index (χ4v) is 3.74. The number of carbonyl (C=O) groups excluding carboxylic acids is 1. The molecule has 140 valence electrons. The molecule has 1 fully saturated rings. The van der Waals surface area contributed by atoms with Crippen molar-refractivity contribution in [3.8, 4) is 11.5 Å². The number of nitrogens with zero attached hydrogens (tertiary/aromatic N) is 1. The zero-order valence-electron chi connectivity index (χ0n) is 14.8. The number of carbonyl (C=O) groups is 1. The molecule has 2 atom stereocenters. The minimum atomic E-state index is -3.37. The van der Waals surface area contributed by atoms with E-state index < -0.39 is 10.0 Å². The van der Waals surface area contributed by atoms with Gasteiger partial charge in [0.25, 0.3) is 5.91 Å². The highest BCUT2D eigenvalue weighted by Crippen LogP contribution is 2.27. The summed E-state index contributed by atoms with van der Waals surface area (Å²) in [6.45, 7) is 0.580. The predicted molar refractivity (Wildman–Crippen MR) is 92.6 cm³/mol. The van der Waals surface area contributed by atoms with Crippen LogP contribution in [0.25, 0.3) is 0 Å². The molecule has 0 unspecified atom stereocenters. The Hall–Kier alpha value is -1.84. The molecule has 1 N–H and O–H groups in total. The van der Waals surface area contributed by atoms with Crippen molar-refractivity contribution in [1.82, 2.24) is 9.62 Å². The summed E-state index contributed by atoms with van der Waals surface area (Å²) in [6, 6.07) is 4.48. The standard InChI is InChI=1S/C16H24N2O6S/c1-18(2)25(20,21)10-12-8-24-9-13(12)17-16(19)11-5-6-14(22-3)15(7-11)23-4/h5-7,12-13H,8-10H2,1-4H3,(H,17,19)/t12-,13-/m0/s1. The van der Waals surface area contributed by atoms with Gasteiger partial charge in [0.1, 0.15) is 0 Å². The molecule has 1 amide bonds. The number of ether oxygens (including phenoxy) is 3. The SMILES string of the molecule is COc1ccc(C(=O)N[C@H]2COC[C@H]2CS(=O)(=O)N(C)C)cc1OC. The van der Waals surface area contributed by atoms with Crippen LogP contribution in [0.4, 0.5) is 0 Å². The Morgan fingerprint density at radius 1 is 1.24 bits per heavy atom. The van der Waals surface area contributed by atoms with Gasteiger partial charge in [0, 0.05) is 25.6 Å². The first-order chi connectivity index (χ1) is 11.8. The number of hydrogen-bond acceptors (Lipinski definition) is 6. The van der Waals surface area contributed by atoms with Gasteiger partial charge in [-0.1, -0.05) is 0 Å². The van der Waals surface area contributed by atoms with E-state index in [-0.39, 0.29) is 30.2 Å². The number of benzene rings is 1. The Kier molecular flexibility index (Phi) is 6.26. The van der Waals surface area contributed by atoms with Crippen LogP contribution in [-0.4, -0.2) is 72.0 Å². The minimum absolute atomic E-state index is 0.0725. The molecule has 9 heteroatoms. The van der Waals surface area contributed by atoms with E-state index >= 15 is 0 Å². The molecular formula is C16H24N2O6S. The van der Waals surface area contributed by atoms with Gasteiger partial charge in [-0.15, -0.1) is 0 Å². The summed E-state index contributed by atoms with van der Waals surface area (Å²) in [5, 5.41) is 2.85. The molecule has 0 radical (unpaired) electrons. The normalized spacial score (nSPS) is 20.5. The lowest BCUT2D eigenvalue weighted by Gasteiger charge is -2.21. The third-order valence-electron chi connectivity index (χ3n) is 4.14. The van der Waals surface area contributed by atoms with Crippen molar-refractivity contribution in [3.05, 3.63) is 23.8 Å². The minimum Gasteiger partial charge on any atom is -0.493 e. The molecule has 1 aromatic carbocycles. The lowest BCUT2D eigenvalue weighted by Crippen LogP contribution is -2.43.